The Morgan fingerprint density at radius 1 is 0.857 bits per heavy atom. The van der Waals surface area contributed by atoms with Crippen LogP contribution in [0.5, 0.6) is 0 Å². The summed E-state index contributed by atoms with van der Waals surface area (Å²) in [4.78, 5) is 37.6. The molecule has 0 saturated carbocycles. The molecular weight excluding hydrogens is 290 g/mol. The van der Waals surface area contributed by atoms with E-state index in [-0.39, 0.29) is 0 Å². The minimum atomic E-state index is -1.11. The van der Waals surface area contributed by atoms with Crippen LogP contribution in [0.15, 0.2) is 54.6 Å². The van der Waals surface area contributed by atoms with E-state index in [4.69, 9.17) is 11.6 Å². The van der Waals surface area contributed by atoms with E-state index in [0.717, 1.165) is 4.90 Å². The molecule has 2 aromatic rings. The van der Waals surface area contributed by atoms with Crippen molar-refractivity contribution < 1.29 is 14.4 Å². The average Bonchev–Trinajstić information content (AvgIpc) is 2.74. The second-order valence-electron chi connectivity index (χ2n) is 4.64. The van der Waals surface area contributed by atoms with Gasteiger partial charge in [0.1, 0.15) is 6.04 Å². The van der Waals surface area contributed by atoms with Crippen molar-refractivity contribution in [2.75, 3.05) is 0 Å². The lowest BCUT2D eigenvalue weighted by molar-refractivity contribution is -0.115. The van der Waals surface area contributed by atoms with E-state index in [1.807, 2.05) is 0 Å². The van der Waals surface area contributed by atoms with Crippen LogP contribution in [0.25, 0.3) is 0 Å². The van der Waals surface area contributed by atoms with E-state index in [1.54, 1.807) is 54.6 Å². The fourth-order valence-corrected chi connectivity index (χ4v) is 2.68. The van der Waals surface area contributed by atoms with Crippen LogP contribution in [0.3, 0.4) is 0 Å². The summed E-state index contributed by atoms with van der Waals surface area (Å²) < 4.78 is 0. The van der Waals surface area contributed by atoms with Gasteiger partial charge >= 0.3 is 0 Å². The normalized spacial score (nSPS) is 15.0. The second kappa shape index (κ2) is 5.14. The van der Waals surface area contributed by atoms with Crippen molar-refractivity contribution in [3.63, 3.8) is 0 Å². The first-order valence-electron chi connectivity index (χ1n) is 6.32. The summed E-state index contributed by atoms with van der Waals surface area (Å²) >= 11 is 5.65. The Balaban J connectivity index is 2.09. The smallest absolute Gasteiger partial charge is 0.262 e. The molecule has 0 spiro atoms. The highest BCUT2D eigenvalue weighted by Gasteiger charge is 2.42. The zero-order chi connectivity index (χ0) is 15.0. The van der Waals surface area contributed by atoms with Gasteiger partial charge in [0.05, 0.1) is 11.1 Å². The van der Waals surface area contributed by atoms with E-state index < -0.39 is 23.1 Å². The molecule has 4 nitrogen and oxygen atoms in total. The number of carbonyl (C=O) groups excluding carboxylic acids is 3. The molecule has 3 rings (SSSR count). The molecule has 0 radical (unpaired) electrons. The number of nitrogens with zero attached hydrogens (tertiary/aromatic N) is 1. The maximum Gasteiger partial charge on any atom is 0.262 e. The number of halogens is 1. The van der Waals surface area contributed by atoms with Crippen LogP contribution < -0.4 is 0 Å². The van der Waals surface area contributed by atoms with Gasteiger partial charge in [-0.05, 0) is 29.3 Å². The number of rotatable bonds is 3. The first kappa shape index (κ1) is 13.5. The zero-order valence-corrected chi connectivity index (χ0v) is 11.6. The van der Waals surface area contributed by atoms with Crippen LogP contribution in [0.1, 0.15) is 32.3 Å². The lowest BCUT2D eigenvalue weighted by atomic mass is 10.1. The quantitative estimate of drug-likeness (QED) is 0.647. The van der Waals surface area contributed by atoms with Crippen molar-refractivity contribution in [3.05, 3.63) is 71.3 Å². The number of hydrogen-bond acceptors (Lipinski definition) is 3. The predicted molar refractivity (Wildman–Crippen MR) is 77.0 cm³/mol. The standard InChI is InChI=1S/C16H10ClNO3/c17-14(19)13(10-6-2-1-3-7-10)18-15(20)11-8-4-5-9-12(11)16(18)21/h1-9,13H/t13-/m1/s1. The number of fused-ring (bicyclic) bond motifs is 1. The highest BCUT2D eigenvalue weighted by atomic mass is 35.5. The van der Waals surface area contributed by atoms with Gasteiger partial charge in [-0.2, -0.15) is 0 Å². The predicted octanol–water partition coefficient (Wildman–Crippen LogP) is 2.79. The Bertz CT molecular complexity index is 707. The SMILES string of the molecule is O=C(Cl)[C@@H](c1ccccc1)N1C(=O)c2ccccc2C1=O. The van der Waals surface area contributed by atoms with Gasteiger partial charge in [-0.25, -0.2) is 0 Å². The number of amides is 2. The van der Waals surface area contributed by atoms with Crippen molar-refractivity contribution >= 4 is 28.7 Å². The van der Waals surface area contributed by atoms with Crippen molar-refractivity contribution in [2.45, 2.75) is 6.04 Å². The van der Waals surface area contributed by atoms with Crippen LogP contribution in [0.4, 0.5) is 0 Å². The van der Waals surface area contributed by atoms with Crippen molar-refractivity contribution in [3.8, 4) is 0 Å². The molecule has 0 aliphatic carbocycles. The van der Waals surface area contributed by atoms with E-state index in [9.17, 15) is 14.4 Å². The van der Waals surface area contributed by atoms with Crippen molar-refractivity contribution in [2.24, 2.45) is 0 Å². The number of hydrogen-bond donors (Lipinski definition) is 0. The molecule has 0 aromatic heterocycles. The molecule has 2 amide bonds. The molecule has 0 fully saturated rings. The molecule has 0 saturated heterocycles. The summed E-state index contributed by atoms with van der Waals surface area (Å²) in [5.74, 6) is -1.00. The van der Waals surface area contributed by atoms with Gasteiger partial charge < -0.3 is 0 Å². The minimum absolute atomic E-state index is 0.293. The molecule has 1 atom stereocenters. The molecule has 1 aliphatic heterocycles. The van der Waals surface area contributed by atoms with E-state index >= 15 is 0 Å². The fourth-order valence-electron chi connectivity index (χ4n) is 2.46. The maximum atomic E-state index is 12.4. The van der Waals surface area contributed by atoms with Gasteiger partial charge in [0.25, 0.3) is 11.8 Å². The van der Waals surface area contributed by atoms with Crippen LogP contribution in [-0.2, 0) is 4.79 Å². The highest BCUT2D eigenvalue weighted by molar-refractivity contribution is 6.65. The van der Waals surface area contributed by atoms with Crippen LogP contribution in [0.2, 0.25) is 0 Å². The lowest BCUT2D eigenvalue weighted by Gasteiger charge is -2.23. The Kier molecular flexibility index (Phi) is 3.31. The number of benzene rings is 2. The summed E-state index contributed by atoms with van der Waals surface area (Å²) in [6.45, 7) is 0. The van der Waals surface area contributed by atoms with Gasteiger partial charge in [-0.15, -0.1) is 0 Å². The zero-order valence-electron chi connectivity index (χ0n) is 10.8. The molecule has 5 heteroatoms. The van der Waals surface area contributed by atoms with Crippen molar-refractivity contribution in [1.82, 2.24) is 4.90 Å². The second-order valence-corrected chi connectivity index (χ2v) is 5.02. The first-order chi connectivity index (χ1) is 10.1. The molecule has 0 bridgehead atoms. The monoisotopic (exact) mass is 299 g/mol. The fraction of sp³-hybridized carbons (Fsp3) is 0.0625. The first-order valence-corrected chi connectivity index (χ1v) is 6.70. The van der Waals surface area contributed by atoms with Gasteiger partial charge in [0.2, 0.25) is 5.24 Å². The van der Waals surface area contributed by atoms with Gasteiger partial charge in [0, 0.05) is 0 Å². The molecule has 21 heavy (non-hydrogen) atoms. The molecule has 0 N–H and O–H groups in total. The Morgan fingerprint density at radius 3 is 1.81 bits per heavy atom. The maximum absolute atomic E-state index is 12.4. The largest absolute Gasteiger partial charge is 0.279 e. The Morgan fingerprint density at radius 2 is 1.33 bits per heavy atom. The molecule has 1 heterocycles. The van der Waals surface area contributed by atoms with Crippen LogP contribution in [0, 0.1) is 0 Å². The van der Waals surface area contributed by atoms with Crippen LogP contribution >= 0.6 is 11.6 Å². The minimum Gasteiger partial charge on any atom is -0.279 e. The van der Waals surface area contributed by atoms with Crippen LogP contribution in [-0.4, -0.2) is 22.0 Å². The molecular formula is C16H10ClNO3. The lowest BCUT2D eigenvalue weighted by Crippen LogP contribution is -2.37. The third-order valence-electron chi connectivity index (χ3n) is 3.41. The average molecular weight is 300 g/mol. The van der Waals surface area contributed by atoms with Crippen molar-refractivity contribution in [1.29, 1.82) is 0 Å². The summed E-state index contributed by atoms with van der Waals surface area (Å²) in [6, 6.07) is 13.9. The highest BCUT2D eigenvalue weighted by Crippen LogP contribution is 2.32. The molecule has 1 aliphatic rings. The van der Waals surface area contributed by atoms with E-state index in [2.05, 4.69) is 0 Å². The van der Waals surface area contributed by atoms with Gasteiger partial charge in [-0.1, -0.05) is 42.5 Å². The Hall–Kier alpha value is -2.46. The topological polar surface area (TPSA) is 54.5 Å². The van der Waals surface area contributed by atoms with E-state index in [0.29, 0.717) is 16.7 Å². The van der Waals surface area contributed by atoms with Gasteiger partial charge in [-0.3, -0.25) is 19.3 Å². The van der Waals surface area contributed by atoms with E-state index in [1.165, 1.54) is 0 Å². The summed E-state index contributed by atoms with van der Waals surface area (Å²) in [7, 11) is 0. The summed E-state index contributed by atoms with van der Waals surface area (Å²) in [5, 5.41) is -0.768. The Labute approximate surface area is 125 Å². The summed E-state index contributed by atoms with van der Waals surface area (Å²) in [6.07, 6.45) is 0. The number of carbonyl (C=O) groups is 3. The molecule has 2 aromatic carbocycles. The number of imide groups is 1. The molecule has 0 unspecified atom stereocenters. The summed E-state index contributed by atoms with van der Waals surface area (Å²) in [5.41, 5.74) is 1.09. The third-order valence-corrected chi connectivity index (χ3v) is 3.62. The van der Waals surface area contributed by atoms with Gasteiger partial charge in [0.15, 0.2) is 0 Å². The molecule has 104 valence electrons. The third kappa shape index (κ3) is 2.14.